The second-order valence-corrected chi connectivity index (χ2v) is 5.85. The highest BCUT2D eigenvalue weighted by atomic mass is 127. The van der Waals surface area contributed by atoms with Gasteiger partial charge in [-0.05, 0) is 29.8 Å². The first-order chi connectivity index (χ1) is 12.8. The molecule has 8 heteroatoms. The van der Waals surface area contributed by atoms with Gasteiger partial charge >= 0.3 is 0 Å². The summed E-state index contributed by atoms with van der Waals surface area (Å²) >= 11 is 0. The molecule has 0 atom stereocenters. The molecule has 27 heavy (non-hydrogen) atoms. The summed E-state index contributed by atoms with van der Waals surface area (Å²) in [6, 6.07) is 9.75. The van der Waals surface area contributed by atoms with Crippen LogP contribution in [0.4, 0.5) is 0 Å². The number of aliphatic imine (C=N–C) groups is 1. The number of nitrogens with zero attached hydrogens (tertiary/aromatic N) is 3. The zero-order valence-corrected chi connectivity index (χ0v) is 17.9. The molecule has 1 aliphatic heterocycles. The Morgan fingerprint density at radius 1 is 1.26 bits per heavy atom. The summed E-state index contributed by atoms with van der Waals surface area (Å²) in [5.74, 6) is 3.16. The van der Waals surface area contributed by atoms with Crippen LogP contribution in [0.3, 0.4) is 0 Å². The van der Waals surface area contributed by atoms with E-state index >= 15 is 0 Å². The van der Waals surface area contributed by atoms with Crippen molar-refractivity contribution >= 4 is 29.9 Å². The number of hydrogen-bond donors (Lipinski definition) is 1. The van der Waals surface area contributed by atoms with Crippen molar-refractivity contribution in [1.82, 2.24) is 15.2 Å². The van der Waals surface area contributed by atoms with E-state index < -0.39 is 0 Å². The van der Waals surface area contributed by atoms with Gasteiger partial charge in [0.05, 0.1) is 12.7 Å². The highest BCUT2D eigenvalue weighted by molar-refractivity contribution is 14.0. The molecule has 146 valence electrons. The fourth-order valence-electron chi connectivity index (χ4n) is 2.68. The van der Waals surface area contributed by atoms with Gasteiger partial charge in [0.2, 0.25) is 0 Å². The molecule has 0 fully saturated rings. The zero-order chi connectivity index (χ0) is 18.2. The van der Waals surface area contributed by atoms with Gasteiger partial charge in [0.1, 0.15) is 25.6 Å². The number of fused-ring (bicyclic) bond motifs is 1. The molecule has 0 radical (unpaired) electrons. The molecule has 1 aromatic heterocycles. The number of rotatable bonds is 6. The summed E-state index contributed by atoms with van der Waals surface area (Å²) in [5.41, 5.74) is 1.13. The average Bonchev–Trinajstić information content (AvgIpc) is 2.68. The molecule has 0 saturated heterocycles. The molecule has 0 spiro atoms. The summed E-state index contributed by atoms with van der Waals surface area (Å²) in [4.78, 5) is 10.4. The molecule has 2 aromatic rings. The Kier molecular flexibility index (Phi) is 8.43. The van der Waals surface area contributed by atoms with Gasteiger partial charge in [-0.1, -0.05) is 6.07 Å². The average molecular weight is 484 g/mol. The SMILES string of the molecule is CN=C(NCCOc1cccnc1)N(C)Cc1ccc2c(c1)OCCO2.I. The highest BCUT2D eigenvalue weighted by Crippen LogP contribution is 2.31. The molecule has 7 nitrogen and oxygen atoms in total. The first kappa shape index (κ1) is 21.1. The summed E-state index contributed by atoms with van der Waals surface area (Å²) in [7, 11) is 3.76. The lowest BCUT2D eigenvalue weighted by atomic mass is 10.2. The first-order valence-electron chi connectivity index (χ1n) is 8.59. The Morgan fingerprint density at radius 3 is 2.81 bits per heavy atom. The van der Waals surface area contributed by atoms with Crippen LogP contribution in [-0.4, -0.2) is 56.3 Å². The van der Waals surface area contributed by atoms with E-state index in [2.05, 4.69) is 20.2 Å². The third-order valence-corrected chi connectivity index (χ3v) is 3.89. The molecule has 0 aliphatic carbocycles. The van der Waals surface area contributed by atoms with Crippen molar-refractivity contribution in [3.8, 4) is 17.2 Å². The van der Waals surface area contributed by atoms with E-state index in [1.165, 1.54) is 0 Å². The predicted molar refractivity (Wildman–Crippen MR) is 115 cm³/mol. The van der Waals surface area contributed by atoms with Gasteiger partial charge in [0.25, 0.3) is 0 Å². The van der Waals surface area contributed by atoms with Crippen LogP contribution in [0.15, 0.2) is 47.7 Å². The molecule has 1 N–H and O–H groups in total. The van der Waals surface area contributed by atoms with Crippen molar-refractivity contribution in [3.05, 3.63) is 48.3 Å². The summed E-state index contributed by atoms with van der Waals surface area (Å²) in [5, 5.41) is 3.30. The molecular formula is C19H25IN4O3. The quantitative estimate of drug-likeness (QED) is 0.294. The van der Waals surface area contributed by atoms with Gasteiger partial charge in [0, 0.05) is 26.8 Å². The zero-order valence-electron chi connectivity index (χ0n) is 15.6. The highest BCUT2D eigenvalue weighted by Gasteiger charge is 2.13. The number of nitrogens with one attached hydrogen (secondary N) is 1. The topological polar surface area (TPSA) is 68.2 Å². The number of benzene rings is 1. The molecule has 1 aliphatic rings. The van der Waals surface area contributed by atoms with E-state index in [1.54, 1.807) is 19.4 Å². The van der Waals surface area contributed by atoms with Crippen LogP contribution < -0.4 is 19.5 Å². The number of guanidine groups is 1. The van der Waals surface area contributed by atoms with Crippen molar-refractivity contribution in [1.29, 1.82) is 0 Å². The van der Waals surface area contributed by atoms with E-state index in [-0.39, 0.29) is 24.0 Å². The molecular weight excluding hydrogens is 459 g/mol. The minimum Gasteiger partial charge on any atom is -0.490 e. The summed E-state index contributed by atoms with van der Waals surface area (Å²) in [6.45, 7) is 3.08. The maximum Gasteiger partial charge on any atom is 0.193 e. The number of ether oxygens (including phenoxy) is 3. The maximum atomic E-state index is 5.64. The molecule has 3 rings (SSSR count). The lowest BCUT2D eigenvalue weighted by Gasteiger charge is -2.23. The van der Waals surface area contributed by atoms with Gasteiger partial charge in [-0.3, -0.25) is 9.98 Å². The third kappa shape index (κ3) is 6.16. The lowest BCUT2D eigenvalue weighted by molar-refractivity contribution is 0.171. The minimum atomic E-state index is 0. The number of hydrogen-bond acceptors (Lipinski definition) is 5. The van der Waals surface area contributed by atoms with Gasteiger partial charge < -0.3 is 24.4 Å². The van der Waals surface area contributed by atoms with E-state index in [0.717, 1.165) is 28.8 Å². The van der Waals surface area contributed by atoms with Crippen molar-refractivity contribution < 1.29 is 14.2 Å². The van der Waals surface area contributed by atoms with Crippen LogP contribution in [0.1, 0.15) is 5.56 Å². The van der Waals surface area contributed by atoms with Crippen LogP contribution in [0, 0.1) is 0 Å². The van der Waals surface area contributed by atoms with Gasteiger partial charge in [-0.2, -0.15) is 0 Å². The van der Waals surface area contributed by atoms with E-state index in [9.17, 15) is 0 Å². The summed E-state index contributed by atoms with van der Waals surface area (Å²) < 4.78 is 16.8. The Hall–Kier alpha value is -2.23. The van der Waals surface area contributed by atoms with Crippen molar-refractivity contribution in [2.75, 3.05) is 40.5 Å². The fourth-order valence-corrected chi connectivity index (χ4v) is 2.68. The molecule has 1 aromatic carbocycles. The van der Waals surface area contributed by atoms with Crippen molar-refractivity contribution in [2.24, 2.45) is 4.99 Å². The lowest BCUT2D eigenvalue weighted by Crippen LogP contribution is -2.40. The van der Waals surface area contributed by atoms with Crippen LogP contribution in [0.2, 0.25) is 0 Å². The molecule has 0 bridgehead atoms. The molecule has 0 saturated carbocycles. The number of aromatic nitrogens is 1. The normalized spacial score (nSPS) is 12.7. The van der Waals surface area contributed by atoms with E-state index in [0.29, 0.717) is 32.9 Å². The number of pyridine rings is 1. The standard InChI is InChI=1S/C19H24N4O3.HI/c1-20-19(22-8-9-24-16-4-3-7-21-13-16)23(2)14-15-5-6-17-18(12-15)26-11-10-25-17;/h3-7,12-13H,8-11,14H2,1-2H3,(H,20,22);1H. The Morgan fingerprint density at radius 2 is 2.07 bits per heavy atom. The third-order valence-electron chi connectivity index (χ3n) is 3.89. The molecule has 0 amide bonds. The minimum absolute atomic E-state index is 0. The van der Waals surface area contributed by atoms with Gasteiger partial charge in [0.15, 0.2) is 17.5 Å². The van der Waals surface area contributed by atoms with Crippen LogP contribution in [0.5, 0.6) is 17.2 Å². The second kappa shape index (κ2) is 10.8. The maximum absolute atomic E-state index is 5.64. The first-order valence-corrected chi connectivity index (χ1v) is 8.59. The monoisotopic (exact) mass is 484 g/mol. The van der Waals surface area contributed by atoms with Crippen molar-refractivity contribution in [3.63, 3.8) is 0 Å². The Balaban J connectivity index is 0.00000261. The summed E-state index contributed by atoms with van der Waals surface area (Å²) in [6.07, 6.45) is 3.42. The van der Waals surface area contributed by atoms with E-state index in [4.69, 9.17) is 14.2 Å². The van der Waals surface area contributed by atoms with Crippen molar-refractivity contribution in [2.45, 2.75) is 6.54 Å². The van der Waals surface area contributed by atoms with Crippen LogP contribution in [0.25, 0.3) is 0 Å². The second-order valence-electron chi connectivity index (χ2n) is 5.85. The Labute approximate surface area is 176 Å². The number of halogens is 1. The smallest absolute Gasteiger partial charge is 0.193 e. The molecule has 2 heterocycles. The fraction of sp³-hybridized carbons (Fsp3) is 0.368. The largest absolute Gasteiger partial charge is 0.490 e. The van der Waals surface area contributed by atoms with Crippen LogP contribution >= 0.6 is 24.0 Å². The Bertz CT molecular complexity index is 743. The molecule has 0 unspecified atom stereocenters. The van der Waals surface area contributed by atoms with E-state index in [1.807, 2.05) is 37.4 Å². The van der Waals surface area contributed by atoms with Gasteiger partial charge in [-0.15, -0.1) is 24.0 Å². The van der Waals surface area contributed by atoms with Crippen LogP contribution in [-0.2, 0) is 6.54 Å². The van der Waals surface area contributed by atoms with Gasteiger partial charge in [-0.25, -0.2) is 0 Å². The predicted octanol–water partition coefficient (Wildman–Crippen LogP) is 2.56.